The standard InChI is InChI=1S/C5H8N4O2/c1-5(7-8-6)3-2-4-9(10)11/h1-4H2. The highest BCUT2D eigenvalue weighted by Gasteiger charge is 1.97. The Kier molecular flexibility index (Phi) is 4.51. The highest BCUT2D eigenvalue weighted by molar-refractivity contribution is 4.90. The fraction of sp³-hybridized carbons (Fsp3) is 0.600. The summed E-state index contributed by atoms with van der Waals surface area (Å²) in [5.74, 6) is 0. The maximum Gasteiger partial charge on any atom is 0.204 e. The lowest BCUT2D eigenvalue weighted by molar-refractivity contribution is -0.480. The van der Waals surface area contributed by atoms with Gasteiger partial charge in [0.2, 0.25) is 6.54 Å². The van der Waals surface area contributed by atoms with Gasteiger partial charge >= 0.3 is 0 Å². The predicted molar refractivity (Wildman–Crippen MR) is 39.4 cm³/mol. The number of hydrogen-bond donors (Lipinski definition) is 0. The van der Waals surface area contributed by atoms with E-state index in [0.717, 1.165) is 0 Å². The molecular formula is C5H8N4O2. The van der Waals surface area contributed by atoms with Crippen LogP contribution in [0, 0.1) is 10.1 Å². The SMILES string of the molecule is C=C(CCC[N+](=O)[O-])N=[N+]=[N-]. The first-order valence-corrected chi connectivity index (χ1v) is 3.01. The van der Waals surface area contributed by atoms with Gasteiger partial charge in [-0.3, -0.25) is 10.1 Å². The predicted octanol–water partition coefficient (Wildman–Crippen LogP) is 1.87. The van der Waals surface area contributed by atoms with E-state index in [9.17, 15) is 10.1 Å². The highest BCUT2D eigenvalue weighted by atomic mass is 16.6. The summed E-state index contributed by atoms with van der Waals surface area (Å²) < 4.78 is 0. The van der Waals surface area contributed by atoms with Crippen molar-refractivity contribution in [3.63, 3.8) is 0 Å². The minimum Gasteiger partial charge on any atom is -0.265 e. The molecule has 0 aromatic rings. The molecule has 0 atom stereocenters. The summed E-state index contributed by atoms with van der Waals surface area (Å²) in [5, 5.41) is 13.0. The Morgan fingerprint density at radius 1 is 1.82 bits per heavy atom. The minimum atomic E-state index is -0.413. The second-order valence-corrected chi connectivity index (χ2v) is 1.92. The second kappa shape index (κ2) is 5.25. The van der Waals surface area contributed by atoms with E-state index in [1.165, 1.54) is 0 Å². The number of hydrogen-bond acceptors (Lipinski definition) is 3. The molecule has 6 heteroatoms. The van der Waals surface area contributed by atoms with E-state index in [0.29, 0.717) is 18.5 Å². The molecule has 0 heterocycles. The van der Waals surface area contributed by atoms with E-state index in [-0.39, 0.29) is 6.54 Å². The molecule has 0 radical (unpaired) electrons. The van der Waals surface area contributed by atoms with Crippen molar-refractivity contribution in [2.24, 2.45) is 5.11 Å². The number of nitro groups is 1. The van der Waals surface area contributed by atoms with Crippen LogP contribution in [-0.4, -0.2) is 11.5 Å². The van der Waals surface area contributed by atoms with E-state index in [2.05, 4.69) is 16.6 Å². The van der Waals surface area contributed by atoms with Crippen molar-refractivity contribution in [2.45, 2.75) is 12.8 Å². The van der Waals surface area contributed by atoms with Crippen LogP contribution < -0.4 is 0 Å². The Hall–Kier alpha value is -1.55. The fourth-order valence-corrected chi connectivity index (χ4v) is 0.525. The molecule has 0 unspecified atom stereocenters. The van der Waals surface area contributed by atoms with Crippen LogP contribution in [0.3, 0.4) is 0 Å². The Bertz CT molecular complexity index is 207. The zero-order valence-electron chi connectivity index (χ0n) is 5.93. The molecule has 0 aromatic heterocycles. The molecule has 0 N–H and O–H groups in total. The van der Waals surface area contributed by atoms with Crippen molar-refractivity contribution >= 4 is 0 Å². The molecular weight excluding hydrogens is 148 g/mol. The van der Waals surface area contributed by atoms with Crippen LogP contribution in [-0.2, 0) is 0 Å². The molecule has 0 aromatic carbocycles. The smallest absolute Gasteiger partial charge is 0.204 e. The minimum absolute atomic E-state index is 0.111. The van der Waals surface area contributed by atoms with Crippen molar-refractivity contribution < 1.29 is 4.92 Å². The first-order chi connectivity index (χ1) is 5.16. The molecule has 0 amide bonds. The third-order valence-corrected chi connectivity index (χ3v) is 0.992. The van der Waals surface area contributed by atoms with Crippen LogP contribution in [0.25, 0.3) is 10.4 Å². The average molecular weight is 156 g/mol. The van der Waals surface area contributed by atoms with Gasteiger partial charge in [0.25, 0.3) is 0 Å². The van der Waals surface area contributed by atoms with Gasteiger partial charge in [-0.1, -0.05) is 11.7 Å². The Morgan fingerprint density at radius 3 is 2.91 bits per heavy atom. The molecule has 11 heavy (non-hydrogen) atoms. The molecule has 0 saturated heterocycles. The summed E-state index contributed by atoms with van der Waals surface area (Å²) in [4.78, 5) is 11.9. The normalized spacial score (nSPS) is 8.36. The van der Waals surface area contributed by atoms with Crippen LogP contribution in [0.1, 0.15) is 12.8 Å². The Morgan fingerprint density at radius 2 is 2.45 bits per heavy atom. The zero-order valence-corrected chi connectivity index (χ0v) is 5.93. The number of allylic oxidation sites excluding steroid dienone is 1. The maximum atomic E-state index is 9.81. The summed E-state index contributed by atoms with van der Waals surface area (Å²) >= 11 is 0. The van der Waals surface area contributed by atoms with Gasteiger partial charge in [0.1, 0.15) is 0 Å². The lowest BCUT2D eigenvalue weighted by Gasteiger charge is -1.92. The molecule has 6 nitrogen and oxygen atoms in total. The Labute approximate surface area is 63.3 Å². The summed E-state index contributed by atoms with van der Waals surface area (Å²) in [6.45, 7) is 3.29. The van der Waals surface area contributed by atoms with Crippen LogP contribution >= 0.6 is 0 Å². The number of rotatable bonds is 5. The zero-order chi connectivity index (χ0) is 8.69. The van der Waals surface area contributed by atoms with E-state index in [1.807, 2.05) is 0 Å². The lowest BCUT2D eigenvalue weighted by Crippen LogP contribution is -1.99. The summed E-state index contributed by atoms with van der Waals surface area (Å²) in [6.07, 6.45) is 0.746. The lowest BCUT2D eigenvalue weighted by atomic mass is 10.3. The van der Waals surface area contributed by atoms with E-state index < -0.39 is 4.92 Å². The van der Waals surface area contributed by atoms with Crippen LogP contribution in [0.2, 0.25) is 0 Å². The molecule has 0 aliphatic rings. The molecule has 0 saturated carbocycles. The maximum absolute atomic E-state index is 9.81. The molecule has 0 rings (SSSR count). The van der Waals surface area contributed by atoms with E-state index in [4.69, 9.17) is 5.53 Å². The molecule has 60 valence electrons. The number of azide groups is 1. The topological polar surface area (TPSA) is 91.9 Å². The largest absolute Gasteiger partial charge is 0.265 e. The van der Waals surface area contributed by atoms with Gasteiger partial charge in [-0.25, -0.2) is 0 Å². The molecule has 0 aliphatic carbocycles. The average Bonchev–Trinajstić information content (AvgIpc) is 1.87. The van der Waals surface area contributed by atoms with Crippen molar-refractivity contribution in [3.8, 4) is 0 Å². The monoisotopic (exact) mass is 156 g/mol. The van der Waals surface area contributed by atoms with Gasteiger partial charge in [0.15, 0.2) is 0 Å². The third-order valence-electron chi connectivity index (χ3n) is 0.992. The van der Waals surface area contributed by atoms with Crippen molar-refractivity contribution in [1.29, 1.82) is 0 Å². The van der Waals surface area contributed by atoms with Gasteiger partial charge in [0, 0.05) is 22.0 Å². The molecule has 0 fully saturated rings. The van der Waals surface area contributed by atoms with Crippen LogP contribution in [0.5, 0.6) is 0 Å². The summed E-state index contributed by atoms with van der Waals surface area (Å²) in [7, 11) is 0. The molecule has 0 bridgehead atoms. The van der Waals surface area contributed by atoms with Gasteiger partial charge in [-0.15, -0.1) is 0 Å². The van der Waals surface area contributed by atoms with Gasteiger partial charge in [-0.2, -0.15) is 0 Å². The second-order valence-electron chi connectivity index (χ2n) is 1.92. The van der Waals surface area contributed by atoms with Crippen molar-refractivity contribution in [1.82, 2.24) is 0 Å². The van der Waals surface area contributed by atoms with Crippen molar-refractivity contribution in [2.75, 3.05) is 6.54 Å². The summed E-state index contributed by atoms with van der Waals surface area (Å²) in [5.41, 5.74) is 8.25. The third kappa shape index (κ3) is 6.33. The van der Waals surface area contributed by atoms with Gasteiger partial charge < -0.3 is 0 Å². The van der Waals surface area contributed by atoms with Crippen LogP contribution in [0.15, 0.2) is 17.4 Å². The van der Waals surface area contributed by atoms with E-state index in [1.54, 1.807) is 0 Å². The van der Waals surface area contributed by atoms with Gasteiger partial charge in [-0.05, 0) is 12.0 Å². The molecule has 0 aliphatic heterocycles. The first kappa shape index (κ1) is 9.45. The fourth-order valence-electron chi connectivity index (χ4n) is 0.525. The quantitative estimate of drug-likeness (QED) is 0.200. The first-order valence-electron chi connectivity index (χ1n) is 3.01. The summed E-state index contributed by atoms with van der Waals surface area (Å²) in [6, 6.07) is 0. The van der Waals surface area contributed by atoms with Crippen LogP contribution in [0.4, 0.5) is 0 Å². The Balaban J connectivity index is 3.47. The number of nitrogens with zero attached hydrogens (tertiary/aromatic N) is 4. The molecule has 0 spiro atoms. The van der Waals surface area contributed by atoms with E-state index >= 15 is 0 Å². The van der Waals surface area contributed by atoms with Gasteiger partial charge in [0.05, 0.1) is 0 Å². The van der Waals surface area contributed by atoms with Crippen molar-refractivity contribution in [3.05, 3.63) is 32.8 Å². The highest BCUT2D eigenvalue weighted by Crippen LogP contribution is 2.03.